The molecule has 0 unspecified atom stereocenters. The Bertz CT molecular complexity index is 689. The molecule has 3 nitrogen and oxygen atoms in total. The van der Waals surface area contributed by atoms with E-state index in [9.17, 15) is 15.3 Å². The van der Waals surface area contributed by atoms with Gasteiger partial charge in [0.15, 0.2) is 0 Å². The van der Waals surface area contributed by atoms with Crippen molar-refractivity contribution in [2.24, 2.45) is 23.2 Å². The van der Waals surface area contributed by atoms with E-state index in [1.807, 2.05) is 25.6 Å². The highest BCUT2D eigenvalue weighted by Gasteiger charge is 2.50. The van der Waals surface area contributed by atoms with Crippen molar-refractivity contribution in [3.05, 3.63) is 35.5 Å². The van der Waals surface area contributed by atoms with Crippen molar-refractivity contribution in [1.82, 2.24) is 0 Å². The van der Waals surface area contributed by atoms with E-state index in [0.717, 1.165) is 35.0 Å². The van der Waals surface area contributed by atoms with Crippen molar-refractivity contribution in [3.63, 3.8) is 0 Å². The maximum absolute atomic E-state index is 10.1. The molecule has 4 heteroatoms. The fraction of sp³-hybridized carbons (Fsp3) is 0.769. The third kappa shape index (κ3) is 5.43. The molecule has 0 aromatic carbocycles. The lowest BCUT2D eigenvalue weighted by molar-refractivity contribution is 0.0861. The summed E-state index contributed by atoms with van der Waals surface area (Å²) in [5.74, 6) is 3.96. The van der Waals surface area contributed by atoms with Crippen LogP contribution >= 0.6 is 11.8 Å². The second-order valence-corrected chi connectivity index (χ2v) is 12.0. The standard InChI is InChI=1S/C26H42O3S/c1-17(15-30-16-25(3,4)29)22-10-11-23-19(7-6-12-26(22,23)5)8-9-20-13-21(27)14-24(28)18(20)2/h8-9,17,21-24,27-29H,2,6-7,10-16H2,1,3-5H3/b19-8+,20-9-/t17-,21-,22-,23+,24+,26-/m1/s1. The third-order valence-electron chi connectivity index (χ3n) is 7.83. The SMILES string of the molecule is C=C1/C(=C\C=C2/CCC[C@]3(C)[C@@H]([C@H](C)CSCC(C)(C)O)CC[C@@H]23)C[C@@H](O)C[C@@H]1O. The molecule has 0 aliphatic heterocycles. The zero-order valence-electron chi connectivity index (χ0n) is 19.4. The number of aliphatic hydroxyl groups excluding tert-OH is 2. The van der Waals surface area contributed by atoms with Gasteiger partial charge in [0, 0.05) is 12.2 Å². The van der Waals surface area contributed by atoms with Crippen LogP contribution in [-0.4, -0.2) is 44.6 Å². The molecule has 0 aromatic rings. The van der Waals surface area contributed by atoms with E-state index >= 15 is 0 Å². The number of allylic oxidation sites excluding steroid dienone is 3. The molecule has 6 atom stereocenters. The maximum Gasteiger partial charge on any atom is 0.0811 e. The zero-order chi connectivity index (χ0) is 22.1. The highest BCUT2D eigenvalue weighted by molar-refractivity contribution is 7.99. The second kappa shape index (κ2) is 9.52. The van der Waals surface area contributed by atoms with Gasteiger partial charge in [-0.05, 0) is 92.4 Å². The Kier molecular flexibility index (Phi) is 7.65. The number of hydrogen-bond donors (Lipinski definition) is 3. The number of rotatable bonds is 6. The van der Waals surface area contributed by atoms with E-state index < -0.39 is 17.8 Å². The summed E-state index contributed by atoms with van der Waals surface area (Å²) in [5, 5.41) is 30.2. The Morgan fingerprint density at radius 3 is 2.70 bits per heavy atom. The zero-order valence-corrected chi connectivity index (χ0v) is 20.2. The van der Waals surface area contributed by atoms with Gasteiger partial charge in [-0.15, -0.1) is 0 Å². The van der Waals surface area contributed by atoms with Gasteiger partial charge in [0.1, 0.15) is 0 Å². The predicted octanol–water partition coefficient (Wildman–Crippen LogP) is 5.27. The lowest BCUT2D eigenvalue weighted by Crippen LogP contribution is -2.36. The highest BCUT2D eigenvalue weighted by atomic mass is 32.2. The molecular weight excluding hydrogens is 392 g/mol. The Labute approximate surface area is 187 Å². The quantitative estimate of drug-likeness (QED) is 0.533. The molecule has 30 heavy (non-hydrogen) atoms. The molecule has 0 saturated heterocycles. The Balaban J connectivity index is 1.70. The van der Waals surface area contributed by atoms with Crippen molar-refractivity contribution in [2.75, 3.05) is 11.5 Å². The minimum atomic E-state index is -0.617. The molecule has 0 bridgehead atoms. The van der Waals surface area contributed by atoms with Gasteiger partial charge in [-0.2, -0.15) is 11.8 Å². The van der Waals surface area contributed by atoms with Crippen LogP contribution in [0.5, 0.6) is 0 Å². The molecule has 0 aromatic heterocycles. The van der Waals surface area contributed by atoms with Gasteiger partial charge in [0.25, 0.3) is 0 Å². The first kappa shape index (κ1) is 24.1. The number of hydrogen-bond acceptors (Lipinski definition) is 4. The molecule has 0 amide bonds. The average molecular weight is 435 g/mol. The van der Waals surface area contributed by atoms with E-state index in [2.05, 4.69) is 32.6 Å². The summed E-state index contributed by atoms with van der Waals surface area (Å²) in [4.78, 5) is 0. The van der Waals surface area contributed by atoms with E-state index in [0.29, 0.717) is 30.1 Å². The van der Waals surface area contributed by atoms with Crippen molar-refractivity contribution in [1.29, 1.82) is 0 Å². The van der Waals surface area contributed by atoms with Gasteiger partial charge in [-0.1, -0.05) is 38.2 Å². The van der Waals surface area contributed by atoms with Gasteiger partial charge in [-0.3, -0.25) is 0 Å². The Morgan fingerprint density at radius 2 is 2.00 bits per heavy atom. The summed E-state index contributed by atoms with van der Waals surface area (Å²) >= 11 is 1.89. The maximum atomic E-state index is 10.1. The molecule has 3 fully saturated rings. The molecule has 3 aliphatic rings. The second-order valence-electron chi connectivity index (χ2n) is 11.0. The van der Waals surface area contributed by atoms with Crippen molar-refractivity contribution in [3.8, 4) is 0 Å². The minimum Gasteiger partial charge on any atom is -0.393 e. The molecule has 3 rings (SSSR count). The van der Waals surface area contributed by atoms with E-state index in [1.165, 1.54) is 25.7 Å². The predicted molar refractivity (Wildman–Crippen MR) is 128 cm³/mol. The average Bonchev–Trinajstić information content (AvgIpc) is 3.00. The van der Waals surface area contributed by atoms with E-state index in [4.69, 9.17) is 0 Å². The van der Waals surface area contributed by atoms with E-state index in [-0.39, 0.29) is 0 Å². The van der Waals surface area contributed by atoms with Gasteiger partial charge in [0.2, 0.25) is 0 Å². The van der Waals surface area contributed by atoms with Crippen LogP contribution in [-0.2, 0) is 0 Å². The lowest BCUT2D eigenvalue weighted by Gasteiger charge is -2.44. The monoisotopic (exact) mass is 434 g/mol. The summed E-state index contributed by atoms with van der Waals surface area (Å²) in [7, 11) is 0. The van der Waals surface area contributed by atoms with Crippen molar-refractivity contribution in [2.45, 2.75) is 90.4 Å². The van der Waals surface area contributed by atoms with Crippen LogP contribution in [0.3, 0.4) is 0 Å². The summed E-state index contributed by atoms with van der Waals surface area (Å²) in [6.45, 7) is 12.8. The summed E-state index contributed by atoms with van der Waals surface area (Å²) in [5.41, 5.74) is 3.10. The number of aliphatic hydroxyl groups is 3. The van der Waals surface area contributed by atoms with Gasteiger partial charge in [0.05, 0.1) is 17.8 Å². The first-order chi connectivity index (χ1) is 14.0. The van der Waals surface area contributed by atoms with Crippen LogP contribution in [0.15, 0.2) is 35.5 Å². The van der Waals surface area contributed by atoms with Crippen LogP contribution < -0.4 is 0 Å². The molecule has 0 radical (unpaired) electrons. The molecular formula is C26H42O3S. The molecule has 3 N–H and O–H groups in total. The third-order valence-corrected chi connectivity index (χ3v) is 9.50. The summed E-state index contributed by atoms with van der Waals surface area (Å²) in [6.07, 6.45) is 10.6. The normalized spacial score (nSPS) is 38.8. The number of fused-ring (bicyclic) bond motifs is 1. The highest BCUT2D eigenvalue weighted by Crippen LogP contribution is 2.59. The molecule has 0 spiro atoms. The van der Waals surface area contributed by atoms with Gasteiger partial charge in [-0.25, -0.2) is 0 Å². The molecule has 3 saturated carbocycles. The summed E-state index contributed by atoms with van der Waals surface area (Å²) < 4.78 is 0. The molecule has 0 heterocycles. The molecule has 170 valence electrons. The largest absolute Gasteiger partial charge is 0.393 e. The minimum absolute atomic E-state index is 0.361. The van der Waals surface area contributed by atoms with Crippen LogP contribution in [0.1, 0.15) is 72.6 Å². The number of thioether (sulfide) groups is 1. The van der Waals surface area contributed by atoms with Crippen LogP contribution in [0.4, 0.5) is 0 Å². The van der Waals surface area contributed by atoms with E-state index in [1.54, 1.807) is 5.57 Å². The lowest BCUT2D eigenvalue weighted by atomic mass is 9.61. The van der Waals surface area contributed by atoms with Crippen molar-refractivity contribution >= 4 is 11.8 Å². The van der Waals surface area contributed by atoms with Crippen LogP contribution in [0.2, 0.25) is 0 Å². The first-order valence-corrected chi connectivity index (χ1v) is 12.9. The van der Waals surface area contributed by atoms with Gasteiger partial charge >= 0.3 is 0 Å². The smallest absolute Gasteiger partial charge is 0.0811 e. The molecule has 3 aliphatic carbocycles. The van der Waals surface area contributed by atoms with Gasteiger partial charge < -0.3 is 15.3 Å². The topological polar surface area (TPSA) is 60.7 Å². The fourth-order valence-electron chi connectivity index (χ4n) is 6.29. The van der Waals surface area contributed by atoms with Crippen LogP contribution in [0, 0.1) is 23.2 Å². The Hall–Kier alpha value is -0.550. The van der Waals surface area contributed by atoms with Crippen LogP contribution in [0.25, 0.3) is 0 Å². The Morgan fingerprint density at radius 1 is 1.27 bits per heavy atom. The van der Waals surface area contributed by atoms with Crippen molar-refractivity contribution < 1.29 is 15.3 Å². The first-order valence-electron chi connectivity index (χ1n) is 11.8. The summed E-state index contributed by atoms with van der Waals surface area (Å²) in [6, 6.07) is 0. The fourth-order valence-corrected chi connectivity index (χ4v) is 7.51.